The van der Waals surface area contributed by atoms with Gasteiger partial charge in [0.25, 0.3) is 0 Å². The fourth-order valence-electron chi connectivity index (χ4n) is 2.99. The van der Waals surface area contributed by atoms with E-state index in [-0.39, 0.29) is 17.0 Å². The molecule has 4 unspecified atom stereocenters. The molecule has 130 valence electrons. The quantitative estimate of drug-likeness (QED) is 0.478. The number of alkyl halides is 1. The van der Waals surface area contributed by atoms with Crippen LogP contribution < -0.4 is 0 Å². The Kier molecular flexibility index (Phi) is 8.59. The van der Waals surface area contributed by atoms with E-state index in [4.69, 9.17) is 9.47 Å². The number of ether oxygens (including phenoxy) is 2. The van der Waals surface area contributed by atoms with Gasteiger partial charge in [0, 0.05) is 13.0 Å². The van der Waals surface area contributed by atoms with E-state index in [2.05, 4.69) is 35.0 Å². The van der Waals surface area contributed by atoms with E-state index in [0.29, 0.717) is 13.0 Å². The zero-order valence-electron chi connectivity index (χ0n) is 14.0. The van der Waals surface area contributed by atoms with Crippen molar-refractivity contribution >= 4 is 15.9 Å². The standard InChI is InChI=1S/C19H29BrO3/c1-2-3-4-5-9-12-22-19-17(13-16(21)18(19)20)23-14-15-10-7-6-8-11-15/h6-8,10-11,16-19,21H,2-5,9,12-14H2,1H3. The number of hydrogen-bond donors (Lipinski definition) is 1. The fourth-order valence-corrected chi connectivity index (χ4v) is 3.70. The molecule has 1 saturated carbocycles. The first-order valence-corrected chi connectivity index (χ1v) is 9.73. The van der Waals surface area contributed by atoms with Crippen LogP contribution in [-0.4, -0.2) is 34.9 Å². The molecule has 1 aromatic carbocycles. The maximum Gasteiger partial charge on any atom is 0.0987 e. The van der Waals surface area contributed by atoms with Crippen LogP contribution >= 0.6 is 15.9 Å². The molecule has 1 aliphatic rings. The van der Waals surface area contributed by atoms with Crippen LogP contribution in [-0.2, 0) is 16.1 Å². The summed E-state index contributed by atoms with van der Waals surface area (Å²) in [5, 5.41) is 10.1. The third-order valence-electron chi connectivity index (χ3n) is 4.39. The Hall–Kier alpha value is -0.420. The number of rotatable bonds is 10. The van der Waals surface area contributed by atoms with Gasteiger partial charge in [0.1, 0.15) is 0 Å². The summed E-state index contributed by atoms with van der Waals surface area (Å²) in [6, 6.07) is 10.1. The molecule has 1 aliphatic carbocycles. The van der Waals surface area contributed by atoms with Crippen LogP contribution in [0.4, 0.5) is 0 Å². The van der Waals surface area contributed by atoms with Gasteiger partial charge in [-0.15, -0.1) is 0 Å². The lowest BCUT2D eigenvalue weighted by molar-refractivity contribution is -0.0611. The zero-order chi connectivity index (χ0) is 16.5. The Morgan fingerprint density at radius 2 is 1.83 bits per heavy atom. The number of aliphatic hydroxyl groups excluding tert-OH is 1. The van der Waals surface area contributed by atoms with Crippen LogP contribution in [0.25, 0.3) is 0 Å². The highest BCUT2D eigenvalue weighted by atomic mass is 79.9. The second kappa shape index (κ2) is 10.4. The molecular weight excluding hydrogens is 356 g/mol. The molecule has 1 N–H and O–H groups in total. The molecule has 23 heavy (non-hydrogen) atoms. The molecule has 3 nitrogen and oxygen atoms in total. The number of benzene rings is 1. The molecule has 0 saturated heterocycles. The first kappa shape index (κ1) is 18.9. The molecule has 0 spiro atoms. The van der Waals surface area contributed by atoms with E-state index < -0.39 is 6.10 Å². The second-order valence-electron chi connectivity index (χ2n) is 6.33. The van der Waals surface area contributed by atoms with Crippen LogP contribution in [0.5, 0.6) is 0 Å². The Morgan fingerprint density at radius 3 is 2.57 bits per heavy atom. The molecular formula is C19H29BrO3. The largest absolute Gasteiger partial charge is 0.392 e. The topological polar surface area (TPSA) is 38.7 Å². The molecule has 1 fully saturated rings. The lowest BCUT2D eigenvalue weighted by Gasteiger charge is -2.23. The number of hydrogen-bond acceptors (Lipinski definition) is 3. The molecule has 0 aromatic heterocycles. The summed E-state index contributed by atoms with van der Waals surface area (Å²) in [4.78, 5) is -0.0427. The summed E-state index contributed by atoms with van der Waals surface area (Å²) in [6.45, 7) is 3.53. The summed E-state index contributed by atoms with van der Waals surface area (Å²) in [7, 11) is 0. The van der Waals surface area contributed by atoms with Gasteiger partial charge in [-0.1, -0.05) is 78.9 Å². The van der Waals surface area contributed by atoms with Gasteiger partial charge >= 0.3 is 0 Å². The van der Waals surface area contributed by atoms with Crippen molar-refractivity contribution in [1.29, 1.82) is 0 Å². The molecule has 0 heterocycles. The first-order chi connectivity index (χ1) is 11.2. The van der Waals surface area contributed by atoms with E-state index in [9.17, 15) is 5.11 Å². The minimum absolute atomic E-state index is 0.0427. The molecule has 4 heteroatoms. The normalized spacial score (nSPS) is 27.4. The maximum atomic E-state index is 10.1. The molecule has 0 radical (unpaired) electrons. The van der Waals surface area contributed by atoms with E-state index in [1.165, 1.54) is 25.7 Å². The summed E-state index contributed by atoms with van der Waals surface area (Å²) in [5.41, 5.74) is 1.15. The highest BCUT2D eigenvalue weighted by molar-refractivity contribution is 9.09. The van der Waals surface area contributed by atoms with Gasteiger partial charge in [-0.25, -0.2) is 0 Å². The van der Waals surface area contributed by atoms with Crippen LogP contribution in [0.3, 0.4) is 0 Å². The summed E-state index contributed by atoms with van der Waals surface area (Å²) < 4.78 is 12.1. The number of halogens is 1. The molecule has 0 bridgehead atoms. The lowest BCUT2D eigenvalue weighted by atomic mass is 10.2. The molecule has 1 aromatic rings. The zero-order valence-corrected chi connectivity index (χ0v) is 15.6. The lowest BCUT2D eigenvalue weighted by Crippen LogP contribution is -2.33. The summed E-state index contributed by atoms with van der Waals surface area (Å²) in [6.07, 6.45) is 6.23. The summed E-state index contributed by atoms with van der Waals surface area (Å²) in [5.74, 6) is 0. The van der Waals surface area contributed by atoms with Crippen molar-refractivity contribution in [1.82, 2.24) is 0 Å². The monoisotopic (exact) mass is 384 g/mol. The average molecular weight is 385 g/mol. The fraction of sp³-hybridized carbons (Fsp3) is 0.684. The predicted molar refractivity (Wildman–Crippen MR) is 96.9 cm³/mol. The highest BCUT2D eigenvalue weighted by Crippen LogP contribution is 2.32. The first-order valence-electron chi connectivity index (χ1n) is 8.81. The van der Waals surface area contributed by atoms with E-state index in [1.54, 1.807) is 0 Å². The minimum Gasteiger partial charge on any atom is -0.392 e. The average Bonchev–Trinajstić information content (AvgIpc) is 2.84. The van der Waals surface area contributed by atoms with E-state index in [0.717, 1.165) is 18.6 Å². The number of aliphatic hydroxyl groups is 1. The van der Waals surface area contributed by atoms with Crippen molar-refractivity contribution in [2.45, 2.75) is 75.2 Å². The minimum atomic E-state index is -0.402. The molecule has 0 aliphatic heterocycles. The smallest absolute Gasteiger partial charge is 0.0987 e. The summed E-state index contributed by atoms with van der Waals surface area (Å²) >= 11 is 3.58. The molecule has 2 rings (SSSR count). The van der Waals surface area contributed by atoms with Gasteiger partial charge in [-0.3, -0.25) is 0 Å². The third kappa shape index (κ3) is 6.18. The Morgan fingerprint density at radius 1 is 1.09 bits per heavy atom. The van der Waals surface area contributed by atoms with Crippen molar-refractivity contribution in [3.8, 4) is 0 Å². The number of unbranched alkanes of at least 4 members (excludes halogenated alkanes) is 4. The van der Waals surface area contributed by atoms with Gasteiger partial charge < -0.3 is 14.6 Å². The van der Waals surface area contributed by atoms with Gasteiger partial charge in [0.15, 0.2) is 0 Å². The van der Waals surface area contributed by atoms with Crippen molar-refractivity contribution in [3.05, 3.63) is 35.9 Å². The van der Waals surface area contributed by atoms with Gasteiger partial charge in [0.05, 0.1) is 29.7 Å². The van der Waals surface area contributed by atoms with Crippen molar-refractivity contribution in [2.75, 3.05) is 6.61 Å². The second-order valence-corrected chi connectivity index (χ2v) is 7.39. The van der Waals surface area contributed by atoms with Crippen LogP contribution in [0.2, 0.25) is 0 Å². The Balaban J connectivity index is 1.75. The van der Waals surface area contributed by atoms with Crippen LogP contribution in [0, 0.1) is 0 Å². The third-order valence-corrected chi connectivity index (χ3v) is 5.52. The maximum absolute atomic E-state index is 10.1. The Labute approximate surface area is 148 Å². The SMILES string of the molecule is CCCCCCCOC1C(OCc2ccccc2)CC(O)C1Br. The van der Waals surface area contributed by atoms with E-state index in [1.807, 2.05) is 18.2 Å². The van der Waals surface area contributed by atoms with Gasteiger partial charge in [0.2, 0.25) is 0 Å². The molecule has 4 atom stereocenters. The van der Waals surface area contributed by atoms with Crippen LogP contribution in [0.15, 0.2) is 30.3 Å². The van der Waals surface area contributed by atoms with Crippen molar-refractivity contribution < 1.29 is 14.6 Å². The van der Waals surface area contributed by atoms with Crippen molar-refractivity contribution in [3.63, 3.8) is 0 Å². The highest BCUT2D eigenvalue weighted by Gasteiger charge is 2.42. The van der Waals surface area contributed by atoms with E-state index >= 15 is 0 Å². The van der Waals surface area contributed by atoms with Gasteiger partial charge in [-0.05, 0) is 12.0 Å². The van der Waals surface area contributed by atoms with Crippen molar-refractivity contribution in [2.24, 2.45) is 0 Å². The predicted octanol–water partition coefficient (Wildman–Crippen LogP) is 4.46. The molecule has 0 amide bonds. The Bertz CT molecular complexity index is 426. The van der Waals surface area contributed by atoms with Crippen LogP contribution in [0.1, 0.15) is 51.0 Å². The van der Waals surface area contributed by atoms with Gasteiger partial charge in [-0.2, -0.15) is 0 Å².